The summed E-state index contributed by atoms with van der Waals surface area (Å²) in [5, 5.41) is 25.7. The second-order valence-electron chi connectivity index (χ2n) is 10.1. The monoisotopic (exact) mass is 531 g/mol. The molecule has 10 nitrogen and oxygen atoms in total. The summed E-state index contributed by atoms with van der Waals surface area (Å²) in [5.41, 5.74) is -0.245. The van der Waals surface area contributed by atoms with Crippen molar-refractivity contribution in [2.24, 2.45) is 11.8 Å². The first-order valence-corrected chi connectivity index (χ1v) is 12.5. The Morgan fingerprint density at radius 2 is 1.72 bits per heavy atom. The highest BCUT2D eigenvalue weighted by Crippen LogP contribution is 2.54. The molecule has 0 bridgehead atoms. The number of phenols is 2. The summed E-state index contributed by atoms with van der Waals surface area (Å²) in [6.07, 6.45) is 0.142. The van der Waals surface area contributed by atoms with Gasteiger partial charge in [0.1, 0.15) is 24.6 Å². The molecule has 1 spiro atoms. The molecule has 2 unspecified atom stereocenters. The molecule has 4 heterocycles. The van der Waals surface area contributed by atoms with Crippen LogP contribution in [0.25, 0.3) is 0 Å². The first kappa shape index (κ1) is 23.5. The van der Waals surface area contributed by atoms with E-state index in [-0.39, 0.29) is 29.2 Å². The molecule has 3 aromatic carbocycles. The van der Waals surface area contributed by atoms with Gasteiger partial charge in [-0.15, -0.1) is 0 Å². The average Bonchev–Trinajstić information content (AvgIpc) is 3.50. The van der Waals surface area contributed by atoms with E-state index >= 15 is 0 Å². The molecule has 0 radical (unpaired) electrons. The summed E-state index contributed by atoms with van der Waals surface area (Å²) in [5.74, 6) is -4.17. The number of benzene rings is 3. The van der Waals surface area contributed by atoms with Crippen molar-refractivity contribution in [3.8, 4) is 23.0 Å². The van der Waals surface area contributed by atoms with E-state index in [4.69, 9.17) is 9.47 Å². The molecule has 0 aromatic heterocycles. The number of halogens is 1. The van der Waals surface area contributed by atoms with Crippen LogP contribution in [0.1, 0.15) is 11.1 Å². The smallest absolute Gasteiger partial charge is 0.250 e. The zero-order valence-electron chi connectivity index (χ0n) is 20.3. The molecule has 3 amide bonds. The molecule has 2 fully saturated rings. The minimum Gasteiger partial charge on any atom is -0.504 e. The van der Waals surface area contributed by atoms with E-state index < -0.39 is 47.0 Å². The number of aromatic hydroxyl groups is 2. The lowest BCUT2D eigenvalue weighted by molar-refractivity contribution is -0.130. The van der Waals surface area contributed by atoms with Crippen LogP contribution < -0.4 is 25.0 Å². The topological polar surface area (TPSA) is 137 Å². The number of ether oxygens (including phenoxy) is 2. The Balaban J connectivity index is 1.35. The minimum atomic E-state index is -1.69. The van der Waals surface area contributed by atoms with Gasteiger partial charge in [-0.1, -0.05) is 6.07 Å². The normalized spacial score (nSPS) is 26.6. The van der Waals surface area contributed by atoms with Gasteiger partial charge < -0.3 is 25.0 Å². The van der Waals surface area contributed by atoms with E-state index in [2.05, 4.69) is 10.6 Å². The van der Waals surface area contributed by atoms with E-state index in [1.807, 2.05) is 0 Å². The van der Waals surface area contributed by atoms with Crippen molar-refractivity contribution in [1.82, 2.24) is 5.32 Å². The highest BCUT2D eigenvalue weighted by atomic mass is 19.1. The number of carbonyl (C=O) groups is 3. The van der Waals surface area contributed by atoms with Crippen molar-refractivity contribution >= 4 is 29.1 Å². The first-order valence-electron chi connectivity index (χ1n) is 12.5. The van der Waals surface area contributed by atoms with Crippen LogP contribution in [0, 0.1) is 17.7 Å². The maximum atomic E-state index is 14.5. The van der Waals surface area contributed by atoms with Crippen LogP contribution >= 0.6 is 0 Å². The Bertz CT molecular complexity index is 1590. The largest absolute Gasteiger partial charge is 0.504 e. The van der Waals surface area contributed by atoms with Gasteiger partial charge in [-0.05, 0) is 54.4 Å². The zero-order chi connectivity index (χ0) is 27.1. The Kier molecular flexibility index (Phi) is 4.92. The van der Waals surface area contributed by atoms with Crippen LogP contribution in [-0.2, 0) is 26.3 Å². The number of fused-ring (bicyclic) bond motifs is 5. The zero-order valence-corrected chi connectivity index (χ0v) is 20.3. The average molecular weight is 531 g/mol. The predicted octanol–water partition coefficient (Wildman–Crippen LogP) is 2.18. The number of phenolic OH excluding ortho intramolecular Hbond substituents is 2. The fourth-order valence-electron chi connectivity index (χ4n) is 6.32. The number of nitrogens with zero attached hydrogens (tertiary/aromatic N) is 1. The molecule has 11 heteroatoms. The van der Waals surface area contributed by atoms with Crippen molar-refractivity contribution in [3.05, 3.63) is 71.5 Å². The van der Waals surface area contributed by atoms with Gasteiger partial charge >= 0.3 is 0 Å². The van der Waals surface area contributed by atoms with E-state index in [1.165, 1.54) is 30.3 Å². The molecular formula is C28H22FN3O7. The molecular weight excluding hydrogens is 509 g/mol. The summed E-state index contributed by atoms with van der Waals surface area (Å²) >= 11 is 0. The van der Waals surface area contributed by atoms with Crippen LogP contribution in [0.3, 0.4) is 0 Å². The Morgan fingerprint density at radius 1 is 0.923 bits per heavy atom. The van der Waals surface area contributed by atoms with Crippen molar-refractivity contribution in [2.75, 3.05) is 23.4 Å². The molecule has 3 aromatic rings. The number of imide groups is 1. The summed E-state index contributed by atoms with van der Waals surface area (Å²) in [7, 11) is 0. The SMILES string of the molecule is O=C1[C@H]2C(Cc3ccc(O)c(O)c3)NC3(C(=O)Nc4ccc(F)cc43)[C@H]2C(=O)N1c1ccc2c(c1)OCCO2. The highest BCUT2D eigenvalue weighted by Gasteiger charge is 2.70. The lowest BCUT2D eigenvalue weighted by Crippen LogP contribution is -2.53. The van der Waals surface area contributed by atoms with E-state index in [9.17, 15) is 29.0 Å². The number of amides is 3. The van der Waals surface area contributed by atoms with Gasteiger partial charge in [0.15, 0.2) is 23.0 Å². The molecule has 0 aliphatic carbocycles. The number of hydrogen-bond acceptors (Lipinski definition) is 8. The lowest BCUT2D eigenvalue weighted by Gasteiger charge is -2.30. The van der Waals surface area contributed by atoms with Gasteiger partial charge in [0.05, 0.1) is 17.5 Å². The molecule has 198 valence electrons. The summed E-state index contributed by atoms with van der Waals surface area (Å²) < 4.78 is 25.7. The number of hydrogen-bond donors (Lipinski definition) is 4. The molecule has 39 heavy (non-hydrogen) atoms. The fourth-order valence-corrected chi connectivity index (χ4v) is 6.32. The maximum absolute atomic E-state index is 14.5. The third-order valence-corrected chi connectivity index (χ3v) is 7.96. The van der Waals surface area contributed by atoms with E-state index in [0.717, 1.165) is 4.90 Å². The van der Waals surface area contributed by atoms with Crippen LogP contribution in [0.15, 0.2) is 54.6 Å². The van der Waals surface area contributed by atoms with E-state index in [1.54, 1.807) is 24.3 Å². The Hall–Kier alpha value is -4.64. The van der Waals surface area contributed by atoms with Gasteiger partial charge in [0.2, 0.25) is 17.7 Å². The molecule has 4 aliphatic heterocycles. The molecule has 4 N–H and O–H groups in total. The van der Waals surface area contributed by atoms with Crippen molar-refractivity contribution < 1.29 is 38.5 Å². The predicted molar refractivity (Wildman–Crippen MR) is 134 cm³/mol. The fraction of sp³-hybridized carbons (Fsp3) is 0.250. The number of nitrogens with one attached hydrogen (secondary N) is 2. The number of rotatable bonds is 3. The summed E-state index contributed by atoms with van der Waals surface area (Å²) in [6, 6.07) is 12.1. The number of anilines is 2. The molecule has 4 atom stereocenters. The van der Waals surface area contributed by atoms with Crippen molar-refractivity contribution in [1.29, 1.82) is 0 Å². The van der Waals surface area contributed by atoms with Crippen LogP contribution in [0.5, 0.6) is 23.0 Å². The van der Waals surface area contributed by atoms with Crippen molar-refractivity contribution in [2.45, 2.75) is 18.0 Å². The van der Waals surface area contributed by atoms with Gasteiger partial charge in [-0.25, -0.2) is 9.29 Å². The van der Waals surface area contributed by atoms with Gasteiger partial charge in [-0.2, -0.15) is 0 Å². The minimum absolute atomic E-state index is 0.142. The third kappa shape index (κ3) is 3.26. The van der Waals surface area contributed by atoms with Crippen LogP contribution in [0.4, 0.5) is 15.8 Å². The van der Waals surface area contributed by atoms with Crippen molar-refractivity contribution in [3.63, 3.8) is 0 Å². The lowest BCUT2D eigenvalue weighted by atomic mass is 9.76. The van der Waals surface area contributed by atoms with Crippen LogP contribution in [-0.4, -0.2) is 47.2 Å². The van der Waals surface area contributed by atoms with Gasteiger partial charge in [0, 0.05) is 23.4 Å². The number of carbonyl (C=O) groups excluding carboxylic acids is 3. The maximum Gasteiger partial charge on any atom is 0.250 e. The quantitative estimate of drug-likeness (QED) is 0.298. The second kappa shape index (κ2) is 8.18. The summed E-state index contributed by atoms with van der Waals surface area (Å²) in [6.45, 7) is 0.701. The Labute approximate surface area is 220 Å². The van der Waals surface area contributed by atoms with E-state index in [0.29, 0.717) is 36.0 Å². The standard InChI is InChI=1S/C28H22FN3O7/c29-14-2-4-17-16(11-14)28(27(37)30-17)24-23(18(31-28)9-13-1-5-19(33)20(34)10-13)25(35)32(26(24)36)15-3-6-21-22(12-15)39-8-7-38-21/h1-6,10-12,18,23-24,31,33-34H,7-9H2,(H,30,37)/t18?,23-,24+,28?/m0/s1. The first-order chi connectivity index (χ1) is 18.8. The molecule has 7 rings (SSSR count). The summed E-state index contributed by atoms with van der Waals surface area (Å²) in [4.78, 5) is 42.8. The van der Waals surface area contributed by atoms with Gasteiger partial charge in [0.25, 0.3) is 0 Å². The third-order valence-electron chi connectivity index (χ3n) is 7.96. The highest BCUT2D eigenvalue weighted by molar-refractivity contribution is 6.26. The molecule has 4 aliphatic rings. The molecule has 0 saturated carbocycles. The second-order valence-corrected chi connectivity index (χ2v) is 10.1. The molecule has 2 saturated heterocycles. The Morgan fingerprint density at radius 3 is 2.51 bits per heavy atom. The van der Waals surface area contributed by atoms with Gasteiger partial charge in [-0.3, -0.25) is 19.7 Å². The van der Waals surface area contributed by atoms with Crippen LogP contribution in [0.2, 0.25) is 0 Å².